The number of amides is 3. The zero-order valence-corrected chi connectivity index (χ0v) is 10.7. The second-order valence-corrected chi connectivity index (χ2v) is 3.84. The van der Waals surface area contributed by atoms with Crippen molar-refractivity contribution in [3.63, 3.8) is 0 Å². The zero-order valence-electron chi connectivity index (χ0n) is 10.7. The summed E-state index contributed by atoms with van der Waals surface area (Å²) in [6, 6.07) is -0.980. The number of rotatable bonds is 5. The Labute approximate surface area is 106 Å². The molecule has 0 aromatic carbocycles. The van der Waals surface area contributed by atoms with Crippen LogP contribution in [0.2, 0.25) is 0 Å². The van der Waals surface area contributed by atoms with Crippen molar-refractivity contribution >= 4 is 17.9 Å². The van der Waals surface area contributed by atoms with Crippen LogP contribution in [0.15, 0.2) is 24.3 Å². The summed E-state index contributed by atoms with van der Waals surface area (Å²) in [6.07, 6.45) is 5.01. The van der Waals surface area contributed by atoms with Gasteiger partial charge in [0.1, 0.15) is 0 Å². The summed E-state index contributed by atoms with van der Waals surface area (Å²) in [4.78, 5) is 33.5. The fraction of sp³-hybridized carbons (Fsp3) is 0.417. The fourth-order valence-corrected chi connectivity index (χ4v) is 1.09. The molecule has 0 rings (SSSR count). The van der Waals surface area contributed by atoms with Crippen LogP contribution >= 0.6 is 0 Å². The lowest BCUT2D eigenvalue weighted by molar-refractivity contribution is -0.153. The maximum absolute atomic E-state index is 11.5. The minimum Gasteiger partial charge on any atom is -0.449 e. The van der Waals surface area contributed by atoms with Gasteiger partial charge in [0.05, 0.1) is 0 Å². The van der Waals surface area contributed by atoms with Gasteiger partial charge in [-0.25, -0.2) is 9.59 Å². The SMILES string of the molecule is C/C=C/C=C\C(=O)O[C@@H](C(=O)NC(N)=O)C(C)C. The number of imide groups is 1. The third kappa shape index (κ3) is 6.47. The number of primary amides is 1. The number of hydrogen-bond acceptors (Lipinski definition) is 4. The Morgan fingerprint density at radius 1 is 1.22 bits per heavy atom. The monoisotopic (exact) mass is 254 g/mol. The fourth-order valence-electron chi connectivity index (χ4n) is 1.09. The second kappa shape index (κ2) is 8.05. The lowest BCUT2D eigenvalue weighted by atomic mass is 10.1. The van der Waals surface area contributed by atoms with Crippen LogP contribution in [0.4, 0.5) is 4.79 Å². The molecule has 0 saturated heterocycles. The second-order valence-electron chi connectivity index (χ2n) is 3.84. The lowest BCUT2D eigenvalue weighted by Crippen LogP contribution is -2.45. The molecule has 0 aliphatic rings. The van der Waals surface area contributed by atoms with Crippen molar-refractivity contribution in [2.45, 2.75) is 26.9 Å². The average Bonchev–Trinajstić information content (AvgIpc) is 2.24. The van der Waals surface area contributed by atoms with E-state index < -0.39 is 24.0 Å². The molecule has 0 aromatic heterocycles. The first-order chi connectivity index (χ1) is 8.38. The van der Waals surface area contributed by atoms with Gasteiger partial charge in [-0.3, -0.25) is 10.1 Å². The Morgan fingerprint density at radius 3 is 2.28 bits per heavy atom. The van der Waals surface area contributed by atoms with E-state index in [1.807, 2.05) is 5.32 Å². The normalized spacial score (nSPS) is 12.9. The van der Waals surface area contributed by atoms with Crippen LogP contribution in [0.5, 0.6) is 0 Å². The summed E-state index contributed by atoms with van der Waals surface area (Å²) in [6.45, 7) is 5.18. The molecular weight excluding hydrogens is 236 g/mol. The summed E-state index contributed by atoms with van der Waals surface area (Å²) in [5, 5.41) is 1.88. The maximum Gasteiger partial charge on any atom is 0.331 e. The molecule has 0 bridgehead atoms. The van der Waals surface area contributed by atoms with E-state index in [0.717, 1.165) is 0 Å². The smallest absolute Gasteiger partial charge is 0.331 e. The van der Waals surface area contributed by atoms with E-state index in [2.05, 4.69) is 0 Å². The van der Waals surface area contributed by atoms with Crippen LogP contribution in [-0.4, -0.2) is 24.0 Å². The van der Waals surface area contributed by atoms with Crippen LogP contribution in [0.1, 0.15) is 20.8 Å². The topological polar surface area (TPSA) is 98.5 Å². The minimum absolute atomic E-state index is 0.275. The van der Waals surface area contributed by atoms with Crippen molar-refractivity contribution in [2.75, 3.05) is 0 Å². The summed E-state index contributed by atoms with van der Waals surface area (Å²) in [5.41, 5.74) is 4.83. The van der Waals surface area contributed by atoms with E-state index in [0.29, 0.717) is 0 Å². The number of nitrogens with one attached hydrogen (secondary N) is 1. The van der Waals surface area contributed by atoms with Gasteiger partial charge in [0.2, 0.25) is 0 Å². The maximum atomic E-state index is 11.5. The highest BCUT2D eigenvalue weighted by Crippen LogP contribution is 2.07. The number of hydrogen-bond donors (Lipinski definition) is 2. The predicted octanol–water partition coefficient (Wildman–Crippen LogP) is 0.881. The summed E-state index contributed by atoms with van der Waals surface area (Å²) in [7, 11) is 0. The molecular formula is C12H18N2O4. The first-order valence-electron chi connectivity index (χ1n) is 5.48. The largest absolute Gasteiger partial charge is 0.449 e. The summed E-state index contributed by atoms with van der Waals surface area (Å²) >= 11 is 0. The van der Waals surface area contributed by atoms with Gasteiger partial charge in [0.15, 0.2) is 6.10 Å². The molecule has 6 heteroatoms. The van der Waals surface area contributed by atoms with Gasteiger partial charge in [-0.1, -0.05) is 32.1 Å². The molecule has 0 spiro atoms. The number of allylic oxidation sites excluding steroid dienone is 3. The Kier molecular flexibility index (Phi) is 7.11. The molecule has 18 heavy (non-hydrogen) atoms. The molecule has 0 aliphatic heterocycles. The van der Waals surface area contributed by atoms with Crippen LogP contribution in [0, 0.1) is 5.92 Å². The number of urea groups is 1. The molecule has 3 N–H and O–H groups in total. The van der Waals surface area contributed by atoms with E-state index >= 15 is 0 Å². The third-order valence-electron chi connectivity index (χ3n) is 1.89. The highest BCUT2D eigenvalue weighted by atomic mass is 16.5. The molecule has 0 fully saturated rings. The first-order valence-corrected chi connectivity index (χ1v) is 5.48. The van der Waals surface area contributed by atoms with Crippen molar-refractivity contribution in [1.82, 2.24) is 5.32 Å². The van der Waals surface area contributed by atoms with E-state index in [-0.39, 0.29) is 5.92 Å². The molecule has 0 unspecified atom stereocenters. The Morgan fingerprint density at radius 2 is 1.83 bits per heavy atom. The van der Waals surface area contributed by atoms with Crippen LogP contribution < -0.4 is 11.1 Å². The Balaban J connectivity index is 4.58. The van der Waals surface area contributed by atoms with E-state index in [4.69, 9.17) is 10.5 Å². The lowest BCUT2D eigenvalue weighted by Gasteiger charge is -2.18. The molecule has 0 aromatic rings. The molecule has 0 radical (unpaired) electrons. The van der Waals surface area contributed by atoms with Gasteiger partial charge in [0, 0.05) is 6.08 Å². The van der Waals surface area contributed by atoms with Gasteiger partial charge >= 0.3 is 12.0 Å². The number of ether oxygens (including phenoxy) is 1. The van der Waals surface area contributed by atoms with Crippen molar-refractivity contribution in [3.05, 3.63) is 24.3 Å². The molecule has 0 heterocycles. The highest BCUT2D eigenvalue weighted by molar-refractivity contribution is 5.97. The quantitative estimate of drug-likeness (QED) is 0.432. The van der Waals surface area contributed by atoms with Gasteiger partial charge in [-0.15, -0.1) is 0 Å². The number of nitrogens with two attached hydrogens (primary N) is 1. The highest BCUT2D eigenvalue weighted by Gasteiger charge is 2.26. The Hall–Kier alpha value is -2.11. The molecule has 0 aliphatic carbocycles. The molecule has 3 amide bonds. The standard InChI is InChI=1S/C12H18N2O4/c1-4-5-6-7-9(15)18-10(8(2)3)11(16)14-12(13)17/h4-8,10H,1-3H3,(H3,13,14,16,17)/b5-4+,7-6-/t10-/m1/s1. The predicted molar refractivity (Wildman–Crippen MR) is 66.4 cm³/mol. The number of carbonyl (C=O) groups is 3. The van der Waals surface area contributed by atoms with Gasteiger partial charge < -0.3 is 10.5 Å². The number of esters is 1. The summed E-state index contributed by atoms with van der Waals surface area (Å²) < 4.78 is 4.94. The van der Waals surface area contributed by atoms with Crippen LogP contribution in [0.25, 0.3) is 0 Å². The van der Waals surface area contributed by atoms with Crippen molar-refractivity contribution < 1.29 is 19.1 Å². The molecule has 6 nitrogen and oxygen atoms in total. The van der Waals surface area contributed by atoms with E-state index in [1.54, 1.807) is 32.9 Å². The molecule has 0 saturated carbocycles. The molecule has 100 valence electrons. The van der Waals surface area contributed by atoms with Crippen LogP contribution in [0.3, 0.4) is 0 Å². The summed E-state index contributed by atoms with van der Waals surface area (Å²) in [5.74, 6) is -1.67. The first kappa shape index (κ1) is 15.9. The van der Waals surface area contributed by atoms with E-state index in [9.17, 15) is 14.4 Å². The van der Waals surface area contributed by atoms with Gasteiger partial charge in [0.25, 0.3) is 5.91 Å². The van der Waals surface area contributed by atoms with Gasteiger partial charge in [-0.2, -0.15) is 0 Å². The zero-order chi connectivity index (χ0) is 14.1. The average molecular weight is 254 g/mol. The van der Waals surface area contributed by atoms with E-state index in [1.165, 1.54) is 12.2 Å². The van der Waals surface area contributed by atoms with Crippen molar-refractivity contribution in [2.24, 2.45) is 11.7 Å². The molecule has 1 atom stereocenters. The van der Waals surface area contributed by atoms with Crippen LogP contribution in [-0.2, 0) is 14.3 Å². The third-order valence-corrected chi connectivity index (χ3v) is 1.89. The van der Waals surface area contributed by atoms with Crippen molar-refractivity contribution in [1.29, 1.82) is 0 Å². The Bertz CT molecular complexity index is 372. The minimum atomic E-state index is -1.06. The number of carbonyl (C=O) groups excluding carboxylic acids is 3. The van der Waals surface area contributed by atoms with Gasteiger partial charge in [-0.05, 0) is 12.8 Å². The van der Waals surface area contributed by atoms with Crippen molar-refractivity contribution in [3.8, 4) is 0 Å².